The van der Waals surface area contributed by atoms with Crippen molar-refractivity contribution in [1.29, 1.82) is 0 Å². The van der Waals surface area contributed by atoms with Gasteiger partial charge in [-0.2, -0.15) is 0 Å². The number of unbranched alkanes of at least 4 members (excludes halogenated alkanes) is 2. The summed E-state index contributed by atoms with van der Waals surface area (Å²) in [6.07, 6.45) is 6.46. The zero-order valence-corrected chi connectivity index (χ0v) is 16.8. The van der Waals surface area contributed by atoms with E-state index in [1.54, 1.807) is 12.1 Å². The van der Waals surface area contributed by atoms with E-state index in [2.05, 4.69) is 13.8 Å². The van der Waals surface area contributed by atoms with Gasteiger partial charge in [-0.25, -0.2) is 10.0 Å². The van der Waals surface area contributed by atoms with Crippen LogP contribution >= 0.6 is 0 Å². The summed E-state index contributed by atoms with van der Waals surface area (Å²) in [5.41, 5.74) is 1.22. The van der Waals surface area contributed by atoms with Gasteiger partial charge in [0.15, 0.2) is 0 Å². The maximum absolute atomic E-state index is 13.0. The summed E-state index contributed by atoms with van der Waals surface area (Å²) in [4.78, 5) is 23.3. The molecule has 0 saturated carbocycles. The normalized spacial score (nSPS) is 23.5. The van der Waals surface area contributed by atoms with Gasteiger partial charge in [-0.1, -0.05) is 38.8 Å². The highest BCUT2D eigenvalue weighted by Crippen LogP contribution is 2.31. The minimum atomic E-state index is -0.384. The van der Waals surface area contributed by atoms with E-state index in [-0.39, 0.29) is 39.0 Å². The number of hydrogen-bond acceptors (Lipinski definition) is 4. The van der Waals surface area contributed by atoms with Gasteiger partial charge in [-0.3, -0.25) is 10.1 Å². The van der Waals surface area contributed by atoms with Gasteiger partial charge in [0, 0.05) is 25.0 Å². The van der Waals surface area contributed by atoms with E-state index in [1.807, 2.05) is 19.1 Å². The number of nitro benzene ring substituents is 1. The number of quaternary nitrogens is 1. The molecule has 3 atom stereocenters. The second kappa shape index (κ2) is 9.42. The monoisotopic (exact) mass is 377 g/mol. The maximum atomic E-state index is 13.0. The highest BCUT2D eigenvalue weighted by molar-refractivity contribution is 5.72. The summed E-state index contributed by atoms with van der Waals surface area (Å²) in [5.74, 6) is 0.113. The van der Waals surface area contributed by atoms with E-state index >= 15 is 0 Å². The number of hydrogen-bond donors (Lipinski definition) is 1. The van der Waals surface area contributed by atoms with Gasteiger partial charge >= 0.3 is 5.91 Å². The van der Waals surface area contributed by atoms with Crippen molar-refractivity contribution in [2.24, 2.45) is 11.8 Å². The van der Waals surface area contributed by atoms with Crippen molar-refractivity contribution in [1.82, 2.24) is 0 Å². The van der Waals surface area contributed by atoms with Gasteiger partial charge in [0.2, 0.25) is 0 Å². The fraction of sp³-hybridized carbons (Fsp3) is 0.667. The number of carbonyl (C=O) groups is 1. The van der Waals surface area contributed by atoms with Crippen LogP contribution in [0.2, 0.25) is 0 Å². The molecule has 1 amide bonds. The van der Waals surface area contributed by atoms with Crippen molar-refractivity contribution < 1.29 is 19.6 Å². The molecule has 1 aromatic rings. The molecule has 1 aromatic carbocycles. The molecule has 1 aliphatic rings. The van der Waals surface area contributed by atoms with Crippen LogP contribution in [-0.4, -0.2) is 33.3 Å². The van der Waals surface area contributed by atoms with Crippen molar-refractivity contribution in [3.63, 3.8) is 0 Å². The molecule has 1 aliphatic heterocycles. The summed E-state index contributed by atoms with van der Waals surface area (Å²) in [6, 6.07) is 6.72. The molecule has 0 bridgehead atoms. The first-order valence-corrected chi connectivity index (χ1v) is 10.1. The first-order valence-electron chi connectivity index (χ1n) is 10.1. The third-order valence-corrected chi connectivity index (χ3v) is 5.98. The third kappa shape index (κ3) is 5.36. The summed E-state index contributed by atoms with van der Waals surface area (Å²) in [7, 11) is 0. The Bertz CT molecular complexity index is 644. The number of nitro groups is 1. The average Bonchev–Trinajstić information content (AvgIpc) is 2.97. The Balaban J connectivity index is 1.79. The molecule has 6 heteroatoms. The number of aryl methyl sites for hydroxylation is 1. The number of non-ortho nitro benzene ring substituents is 1. The van der Waals surface area contributed by atoms with E-state index in [1.165, 1.54) is 0 Å². The van der Waals surface area contributed by atoms with Gasteiger partial charge in [0.1, 0.15) is 12.6 Å². The molecule has 1 N–H and O–H groups in total. The molecule has 2 rings (SSSR count). The second-order valence-electron chi connectivity index (χ2n) is 8.25. The van der Waals surface area contributed by atoms with Crippen LogP contribution in [0.5, 0.6) is 0 Å². The first kappa shape index (κ1) is 21.5. The molecule has 0 aliphatic carbocycles. The predicted molar refractivity (Wildman–Crippen MR) is 104 cm³/mol. The van der Waals surface area contributed by atoms with Gasteiger partial charge in [-0.05, 0) is 37.7 Å². The fourth-order valence-corrected chi connectivity index (χ4v) is 4.07. The number of carbonyl (C=O) groups excluding carboxylic acids is 1. The van der Waals surface area contributed by atoms with Crippen LogP contribution in [0.15, 0.2) is 24.3 Å². The molecular weight excluding hydrogens is 344 g/mol. The van der Waals surface area contributed by atoms with Crippen LogP contribution in [0, 0.1) is 22.0 Å². The zero-order chi connectivity index (χ0) is 20.0. The third-order valence-electron chi connectivity index (χ3n) is 5.98. The number of benzene rings is 1. The molecule has 150 valence electrons. The average molecular weight is 378 g/mol. The number of amides is 1. The van der Waals surface area contributed by atoms with E-state index in [0.29, 0.717) is 6.54 Å². The molecule has 6 nitrogen and oxygen atoms in total. The maximum Gasteiger partial charge on any atom is 0.349 e. The Morgan fingerprint density at radius 2 is 1.93 bits per heavy atom. The molecule has 1 heterocycles. The van der Waals surface area contributed by atoms with Crippen LogP contribution < -0.4 is 0 Å². The number of nitrogens with zero attached hydrogens (tertiary/aromatic N) is 2. The van der Waals surface area contributed by atoms with Crippen LogP contribution in [0.3, 0.4) is 0 Å². The predicted octanol–water partition coefficient (Wildman–Crippen LogP) is 4.88. The van der Waals surface area contributed by atoms with Crippen molar-refractivity contribution in [2.45, 2.75) is 71.8 Å². The molecule has 0 radical (unpaired) electrons. The first-order chi connectivity index (χ1) is 12.8. The van der Waals surface area contributed by atoms with Crippen molar-refractivity contribution >= 4 is 11.6 Å². The van der Waals surface area contributed by atoms with Crippen molar-refractivity contribution in [3.8, 4) is 0 Å². The minimum absolute atomic E-state index is 0.000822. The van der Waals surface area contributed by atoms with Crippen LogP contribution in [-0.2, 0) is 11.2 Å². The second-order valence-corrected chi connectivity index (χ2v) is 8.25. The fourth-order valence-electron chi connectivity index (χ4n) is 4.07. The Morgan fingerprint density at radius 1 is 1.26 bits per heavy atom. The summed E-state index contributed by atoms with van der Waals surface area (Å²) in [6.45, 7) is 6.63. The number of rotatable bonds is 9. The Kier molecular flexibility index (Phi) is 7.50. The number of hydroxylamine groups is 3. The molecule has 1 fully saturated rings. The van der Waals surface area contributed by atoms with Crippen LogP contribution in [0.1, 0.15) is 64.9 Å². The van der Waals surface area contributed by atoms with Crippen LogP contribution in [0.25, 0.3) is 0 Å². The van der Waals surface area contributed by atoms with Crippen molar-refractivity contribution in [3.05, 3.63) is 39.9 Å². The lowest BCUT2D eigenvalue weighted by Crippen LogP contribution is -2.55. The number of likely N-dealkylation sites (tertiary alicyclic amines) is 1. The van der Waals surface area contributed by atoms with E-state index in [0.717, 1.165) is 50.5 Å². The van der Waals surface area contributed by atoms with E-state index in [9.17, 15) is 20.1 Å². The Morgan fingerprint density at radius 3 is 2.44 bits per heavy atom. The molecule has 27 heavy (non-hydrogen) atoms. The largest absolute Gasteiger partial charge is 0.349 e. The zero-order valence-electron chi connectivity index (χ0n) is 16.8. The Hall–Kier alpha value is -1.79. The van der Waals surface area contributed by atoms with E-state index < -0.39 is 0 Å². The summed E-state index contributed by atoms with van der Waals surface area (Å²) < 4.78 is -0.383. The van der Waals surface area contributed by atoms with Gasteiger partial charge in [-0.15, -0.1) is 4.65 Å². The highest BCUT2D eigenvalue weighted by Gasteiger charge is 2.48. The lowest BCUT2D eigenvalue weighted by Gasteiger charge is -2.32. The summed E-state index contributed by atoms with van der Waals surface area (Å²) in [5, 5.41) is 21.5. The summed E-state index contributed by atoms with van der Waals surface area (Å²) >= 11 is 0. The lowest BCUT2D eigenvalue weighted by atomic mass is 9.88. The molecule has 2 unspecified atom stereocenters. The smallest absolute Gasteiger partial charge is 0.258 e. The van der Waals surface area contributed by atoms with Gasteiger partial charge in [0.05, 0.1) is 10.8 Å². The lowest BCUT2D eigenvalue weighted by molar-refractivity contribution is -1.05. The standard InChI is InChI=1S/C21H33N2O4/c1-16(2)20(21(24)23(27)15-7-8-17(23)3)10-6-4-5-9-18-11-13-19(14-12-18)22(25)26/h11-14,16-17,20,27H,4-10,15H2,1-3H3/q+1/t17-,20?,23?/m1/s1. The highest BCUT2D eigenvalue weighted by atomic mass is 16.6. The van der Waals surface area contributed by atoms with Crippen LogP contribution in [0.4, 0.5) is 5.69 Å². The Labute approximate surface area is 161 Å². The van der Waals surface area contributed by atoms with Gasteiger partial charge in [0.25, 0.3) is 5.69 Å². The molecule has 0 spiro atoms. The van der Waals surface area contributed by atoms with Crippen molar-refractivity contribution in [2.75, 3.05) is 6.54 Å². The molecule has 0 aromatic heterocycles. The van der Waals surface area contributed by atoms with Gasteiger partial charge < -0.3 is 0 Å². The minimum Gasteiger partial charge on any atom is -0.258 e. The topological polar surface area (TPSA) is 80.4 Å². The van der Waals surface area contributed by atoms with E-state index in [4.69, 9.17) is 0 Å². The SMILES string of the molecule is CC(C)C(CCCCCc1ccc([N+](=O)[O-])cc1)C(=O)[N+]1(O)CCC[C@H]1C. The molecule has 1 saturated heterocycles. The molecular formula is C21H33N2O4+. The quantitative estimate of drug-likeness (QED) is 0.218.